The standard InChI is InChI=1S/C25H17ClN2O4S/c1-32-17-9-5-8-15(12-17)21-20(22(29)14-6-3-2-4-7-14)23(30)24(31)28(21)25-27-18-11-10-16(26)13-19(18)33-25/h2-13,21,29H,1H3/b22-20+. The summed E-state index contributed by atoms with van der Waals surface area (Å²) >= 11 is 7.37. The molecule has 2 heterocycles. The fraction of sp³-hybridized carbons (Fsp3) is 0.0800. The number of hydrogen-bond donors (Lipinski definition) is 1. The monoisotopic (exact) mass is 476 g/mol. The first-order valence-corrected chi connectivity index (χ1v) is 11.2. The van der Waals surface area contributed by atoms with Gasteiger partial charge in [0.2, 0.25) is 0 Å². The highest BCUT2D eigenvalue weighted by Gasteiger charge is 2.48. The zero-order valence-electron chi connectivity index (χ0n) is 17.4. The number of nitrogens with zero attached hydrogens (tertiary/aromatic N) is 2. The molecule has 4 aromatic rings. The molecule has 1 atom stereocenters. The molecule has 1 aliphatic rings. The zero-order valence-corrected chi connectivity index (χ0v) is 18.9. The maximum absolute atomic E-state index is 13.3. The average Bonchev–Trinajstić information content (AvgIpc) is 3.37. The van der Waals surface area contributed by atoms with E-state index >= 15 is 0 Å². The van der Waals surface area contributed by atoms with Crippen molar-refractivity contribution in [3.8, 4) is 5.75 Å². The first-order valence-electron chi connectivity index (χ1n) is 10.0. The molecule has 8 heteroatoms. The van der Waals surface area contributed by atoms with Crippen LogP contribution in [0.25, 0.3) is 16.0 Å². The summed E-state index contributed by atoms with van der Waals surface area (Å²) in [6, 6.07) is 20.1. The molecule has 0 radical (unpaired) electrons. The average molecular weight is 477 g/mol. The van der Waals surface area contributed by atoms with Crippen LogP contribution in [0, 0.1) is 0 Å². The molecule has 0 saturated carbocycles. The number of aliphatic hydroxyl groups excluding tert-OH is 1. The van der Waals surface area contributed by atoms with Crippen molar-refractivity contribution in [1.82, 2.24) is 4.98 Å². The Morgan fingerprint density at radius 3 is 2.61 bits per heavy atom. The second-order valence-electron chi connectivity index (χ2n) is 7.42. The van der Waals surface area contributed by atoms with Crippen molar-refractivity contribution in [3.05, 3.63) is 94.5 Å². The lowest BCUT2D eigenvalue weighted by molar-refractivity contribution is -0.132. The van der Waals surface area contributed by atoms with Crippen molar-refractivity contribution < 1.29 is 19.4 Å². The third-order valence-electron chi connectivity index (χ3n) is 5.45. The summed E-state index contributed by atoms with van der Waals surface area (Å²) in [5.41, 5.74) is 1.72. The van der Waals surface area contributed by atoms with Gasteiger partial charge in [-0.25, -0.2) is 4.98 Å². The number of aliphatic hydroxyl groups is 1. The zero-order chi connectivity index (χ0) is 23.1. The number of rotatable bonds is 4. The van der Waals surface area contributed by atoms with E-state index in [2.05, 4.69) is 4.98 Å². The Kier molecular flexibility index (Phi) is 5.36. The van der Waals surface area contributed by atoms with Crippen LogP contribution in [-0.2, 0) is 9.59 Å². The number of Topliss-reactive ketones (excluding diaryl/α,β-unsaturated/α-hetero) is 1. The van der Waals surface area contributed by atoms with Gasteiger partial charge in [0.05, 0.1) is 28.9 Å². The van der Waals surface area contributed by atoms with Crippen molar-refractivity contribution in [2.75, 3.05) is 12.0 Å². The topological polar surface area (TPSA) is 79.7 Å². The minimum Gasteiger partial charge on any atom is -0.507 e. The van der Waals surface area contributed by atoms with Gasteiger partial charge in [-0.1, -0.05) is 65.4 Å². The number of methoxy groups -OCH3 is 1. The van der Waals surface area contributed by atoms with Crippen LogP contribution < -0.4 is 9.64 Å². The second kappa shape index (κ2) is 8.35. The summed E-state index contributed by atoms with van der Waals surface area (Å²) < 4.78 is 6.14. The van der Waals surface area contributed by atoms with Gasteiger partial charge in [0.1, 0.15) is 11.5 Å². The van der Waals surface area contributed by atoms with Crippen LogP contribution in [0.15, 0.2) is 78.4 Å². The molecule has 3 aromatic carbocycles. The number of ether oxygens (including phenoxy) is 1. The molecule has 1 unspecified atom stereocenters. The molecule has 33 heavy (non-hydrogen) atoms. The van der Waals surface area contributed by atoms with Crippen molar-refractivity contribution in [2.45, 2.75) is 6.04 Å². The van der Waals surface area contributed by atoms with Gasteiger partial charge in [-0.3, -0.25) is 14.5 Å². The van der Waals surface area contributed by atoms with E-state index in [-0.39, 0.29) is 11.3 Å². The van der Waals surface area contributed by atoms with Crippen LogP contribution in [0.5, 0.6) is 5.75 Å². The maximum Gasteiger partial charge on any atom is 0.301 e. The number of carbonyl (C=O) groups excluding carboxylic acids is 2. The smallest absolute Gasteiger partial charge is 0.301 e. The summed E-state index contributed by atoms with van der Waals surface area (Å²) in [7, 11) is 1.54. The van der Waals surface area contributed by atoms with Crippen LogP contribution >= 0.6 is 22.9 Å². The number of thiazole rings is 1. The van der Waals surface area contributed by atoms with Gasteiger partial charge in [0.25, 0.3) is 5.78 Å². The molecule has 0 bridgehead atoms. The van der Waals surface area contributed by atoms with Gasteiger partial charge >= 0.3 is 5.91 Å². The Morgan fingerprint density at radius 1 is 1.06 bits per heavy atom. The predicted octanol–water partition coefficient (Wildman–Crippen LogP) is 5.58. The van der Waals surface area contributed by atoms with Crippen LogP contribution in [0.4, 0.5) is 5.13 Å². The molecule has 1 fully saturated rings. The quantitative estimate of drug-likeness (QED) is 0.236. The molecule has 6 nitrogen and oxygen atoms in total. The van der Waals surface area contributed by atoms with E-state index in [4.69, 9.17) is 16.3 Å². The molecule has 1 amide bonds. The Balaban J connectivity index is 1.74. The predicted molar refractivity (Wildman–Crippen MR) is 129 cm³/mol. The normalized spacial score (nSPS) is 17.6. The lowest BCUT2D eigenvalue weighted by Gasteiger charge is -2.23. The Hall–Kier alpha value is -3.68. The van der Waals surface area contributed by atoms with Gasteiger partial charge in [-0.15, -0.1) is 0 Å². The third kappa shape index (κ3) is 3.65. The van der Waals surface area contributed by atoms with E-state index in [1.807, 2.05) is 0 Å². The molecule has 1 aliphatic heterocycles. The number of aromatic nitrogens is 1. The maximum atomic E-state index is 13.3. The lowest BCUT2D eigenvalue weighted by Crippen LogP contribution is -2.29. The van der Waals surface area contributed by atoms with E-state index in [0.717, 1.165) is 4.70 Å². The molecule has 0 spiro atoms. The van der Waals surface area contributed by atoms with Crippen molar-refractivity contribution in [2.24, 2.45) is 0 Å². The third-order valence-corrected chi connectivity index (χ3v) is 6.70. The van der Waals surface area contributed by atoms with Gasteiger partial charge in [0, 0.05) is 10.6 Å². The summed E-state index contributed by atoms with van der Waals surface area (Å²) in [4.78, 5) is 32.4. The molecule has 0 aliphatic carbocycles. The fourth-order valence-electron chi connectivity index (χ4n) is 3.90. The molecule has 5 rings (SSSR count). The SMILES string of the molecule is COc1cccc(C2/C(=C(\O)c3ccccc3)C(=O)C(=O)N2c2nc3ccc(Cl)cc3s2)c1. The molecule has 1 N–H and O–H groups in total. The highest BCUT2D eigenvalue weighted by atomic mass is 35.5. The van der Waals surface area contributed by atoms with E-state index in [0.29, 0.717) is 32.5 Å². The molecule has 1 aromatic heterocycles. The number of hydrogen-bond acceptors (Lipinski definition) is 6. The number of ketones is 1. The fourth-order valence-corrected chi connectivity index (χ4v) is 5.17. The Bertz CT molecular complexity index is 1430. The van der Waals surface area contributed by atoms with Crippen LogP contribution in [0.1, 0.15) is 17.2 Å². The van der Waals surface area contributed by atoms with Gasteiger partial charge in [-0.2, -0.15) is 0 Å². The second-order valence-corrected chi connectivity index (χ2v) is 8.87. The Morgan fingerprint density at radius 2 is 1.85 bits per heavy atom. The minimum absolute atomic E-state index is 0.00302. The summed E-state index contributed by atoms with van der Waals surface area (Å²) in [5, 5.41) is 12.0. The number of halogens is 1. The number of anilines is 1. The highest BCUT2D eigenvalue weighted by molar-refractivity contribution is 7.22. The lowest BCUT2D eigenvalue weighted by atomic mass is 9.95. The van der Waals surface area contributed by atoms with Crippen molar-refractivity contribution in [1.29, 1.82) is 0 Å². The minimum atomic E-state index is -0.878. The van der Waals surface area contributed by atoms with Crippen LogP contribution in [0.2, 0.25) is 5.02 Å². The highest BCUT2D eigenvalue weighted by Crippen LogP contribution is 2.45. The summed E-state index contributed by atoms with van der Waals surface area (Å²) in [6.45, 7) is 0. The summed E-state index contributed by atoms with van der Waals surface area (Å²) in [5.74, 6) is -1.21. The van der Waals surface area contributed by atoms with Crippen LogP contribution in [0.3, 0.4) is 0 Å². The Labute approximate surface area is 198 Å². The van der Waals surface area contributed by atoms with E-state index in [9.17, 15) is 14.7 Å². The number of amides is 1. The number of carbonyl (C=O) groups is 2. The van der Waals surface area contributed by atoms with Crippen molar-refractivity contribution in [3.63, 3.8) is 0 Å². The van der Waals surface area contributed by atoms with E-state index < -0.39 is 17.7 Å². The number of fused-ring (bicyclic) bond motifs is 1. The van der Waals surface area contributed by atoms with E-state index in [1.54, 1.807) is 72.8 Å². The van der Waals surface area contributed by atoms with Gasteiger partial charge < -0.3 is 9.84 Å². The molecular formula is C25H17ClN2O4S. The van der Waals surface area contributed by atoms with Crippen LogP contribution in [-0.4, -0.2) is 28.9 Å². The largest absolute Gasteiger partial charge is 0.507 e. The summed E-state index contributed by atoms with van der Waals surface area (Å²) in [6.07, 6.45) is 0. The van der Waals surface area contributed by atoms with E-state index in [1.165, 1.54) is 23.3 Å². The van der Waals surface area contributed by atoms with Gasteiger partial charge in [-0.05, 0) is 35.9 Å². The van der Waals surface area contributed by atoms with Crippen molar-refractivity contribution >= 4 is 55.7 Å². The number of benzene rings is 3. The first-order chi connectivity index (χ1) is 16.0. The molecule has 164 valence electrons. The molecule has 1 saturated heterocycles. The van der Waals surface area contributed by atoms with Gasteiger partial charge in [0.15, 0.2) is 5.13 Å². The molecular weight excluding hydrogens is 460 g/mol. The first kappa shape index (κ1) is 21.2.